The molecule has 0 heterocycles. The molecule has 0 aromatic heterocycles. The zero-order chi connectivity index (χ0) is 13.3. The standard InChI is InChI=1S/C17H33NO/c1-19-14-8-7-13-18-17-12-6-5-11-16(17)15-9-3-2-4-10-15/h15-18H,2-14H2,1H3. The Kier molecular flexibility index (Phi) is 7.23. The Morgan fingerprint density at radius 1 is 0.895 bits per heavy atom. The summed E-state index contributed by atoms with van der Waals surface area (Å²) in [6, 6.07) is 0.819. The van der Waals surface area contributed by atoms with Crippen LogP contribution in [-0.4, -0.2) is 26.3 Å². The molecule has 0 spiro atoms. The monoisotopic (exact) mass is 267 g/mol. The fourth-order valence-electron chi connectivity index (χ4n) is 4.20. The summed E-state index contributed by atoms with van der Waals surface area (Å²) in [5.74, 6) is 2.02. The highest BCUT2D eigenvalue weighted by Gasteiger charge is 2.31. The van der Waals surface area contributed by atoms with E-state index in [1.54, 1.807) is 7.11 Å². The highest BCUT2D eigenvalue weighted by molar-refractivity contribution is 4.86. The van der Waals surface area contributed by atoms with Crippen molar-refractivity contribution in [3.63, 3.8) is 0 Å². The van der Waals surface area contributed by atoms with Gasteiger partial charge in [0.1, 0.15) is 0 Å². The molecule has 0 bridgehead atoms. The third-order valence-corrected chi connectivity index (χ3v) is 5.26. The van der Waals surface area contributed by atoms with Crippen molar-refractivity contribution < 1.29 is 4.74 Å². The summed E-state index contributed by atoms with van der Waals surface area (Å²) in [4.78, 5) is 0. The predicted molar refractivity (Wildman–Crippen MR) is 81.4 cm³/mol. The van der Waals surface area contributed by atoms with Crippen LogP contribution in [0.1, 0.15) is 70.6 Å². The molecule has 0 amide bonds. The molecule has 0 saturated heterocycles. The minimum Gasteiger partial charge on any atom is -0.385 e. The number of ether oxygens (including phenoxy) is 1. The van der Waals surface area contributed by atoms with E-state index in [9.17, 15) is 0 Å². The molecular weight excluding hydrogens is 234 g/mol. The van der Waals surface area contributed by atoms with Gasteiger partial charge < -0.3 is 10.1 Å². The number of hydrogen-bond acceptors (Lipinski definition) is 2. The lowest BCUT2D eigenvalue weighted by molar-refractivity contribution is 0.148. The van der Waals surface area contributed by atoms with Gasteiger partial charge in [-0.15, -0.1) is 0 Å². The molecular formula is C17H33NO. The third kappa shape index (κ3) is 5.07. The SMILES string of the molecule is COCCCCNC1CCCCC1C1CCCCC1. The van der Waals surface area contributed by atoms with Crippen LogP contribution in [0.4, 0.5) is 0 Å². The Morgan fingerprint density at radius 2 is 1.63 bits per heavy atom. The van der Waals surface area contributed by atoms with Gasteiger partial charge in [-0.3, -0.25) is 0 Å². The van der Waals surface area contributed by atoms with Crippen LogP contribution >= 0.6 is 0 Å². The first-order valence-corrected chi connectivity index (χ1v) is 8.64. The van der Waals surface area contributed by atoms with E-state index < -0.39 is 0 Å². The number of nitrogens with one attached hydrogen (secondary N) is 1. The van der Waals surface area contributed by atoms with Gasteiger partial charge in [-0.25, -0.2) is 0 Å². The highest BCUT2D eigenvalue weighted by atomic mass is 16.5. The van der Waals surface area contributed by atoms with Crippen LogP contribution in [0.25, 0.3) is 0 Å². The van der Waals surface area contributed by atoms with Gasteiger partial charge in [0.15, 0.2) is 0 Å². The first-order chi connectivity index (χ1) is 9.42. The molecule has 0 aromatic carbocycles. The maximum absolute atomic E-state index is 5.12. The Morgan fingerprint density at radius 3 is 2.42 bits per heavy atom. The zero-order valence-corrected chi connectivity index (χ0v) is 12.8. The first kappa shape index (κ1) is 15.3. The van der Waals surface area contributed by atoms with E-state index in [-0.39, 0.29) is 0 Å². The first-order valence-electron chi connectivity index (χ1n) is 8.64. The molecule has 0 aromatic rings. The minimum absolute atomic E-state index is 0.819. The topological polar surface area (TPSA) is 21.3 Å². The van der Waals surface area contributed by atoms with Crippen LogP contribution in [0.5, 0.6) is 0 Å². The van der Waals surface area contributed by atoms with E-state index >= 15 is 0 Å². The molecule has 2 nitrogen and oxygen atoms in total. The number of hydrogen-bond donors (Lipinski definition) is 1. The second-order valence-electron chi connectivity index (χ2n) is 6.61. The quantitative estimate of drug-likeness (QED) is 0.700. The van der Waals surface area contributed by atoms with Crippen molar-refractivity contribution in [2.24, 2.45) is 11.8 Å². The van der Waals surface area contributed by atoms with Crippen LogP contribution in [-0.2, 0) is 4.74 Å². The van der Waals surface area contributed by atoms with E-state index in [2.05, 4.69) is 5.32 Å². The van der Waals surface area contributed by atoms with Gasteiger partial charge in [-0.05, 0) is 44.1 Å². The normalized spacial score (nSPS) is 29.5. The van der Waals surface area contributed by atoms with E-state index in [4.69, 9.17) is 4.74 Å². The third-order valence-electron chi connectivity index (χ3n) is 5.26. The fourth-order valence-corrected chi connectivity index (χ4v) is 4.20. The summed E-state index contributed by atoms with van der Waals surface area (Å²) in [6.07, 6.45) is 15.8. The van der Waals surface area contributed by atoms with Crippen molar-refractivity contribution in [2.45, 2.75) is 76.7 Å². The van der Waals surface area contributed by atoms with E-state index in [0.717, 1.165) is 24.5 Å². The molecule has 0 aliphatic heterocycles. The maximum Gasteiger partial charge on any atom is 0.0462 e. The van der Waals surface area contributed by atoms with Crippen molar-refractivity contribution in [1.29, 1.82) is 0 Å². The molecule has 2 saturated carbocycles. The number of unbranched alkanes of at least 4 members (excludes halogenated alkanes) is 1. The van der Waals surface area contributed by atoms with Crippen molar-refractivity contribution >= 4 is 0 Å². The van der Waals surface area contributed by atoms with Gasteiger partial charge in [-0.2, -0.15) is 0 Å². The average molecular weight is 267 g/mol. The average Bonchev–Trinajstić information content (AvgIpc) is 2.48. The van der Waals surface area contributed by atoms with Crippen molar-refractivity contribution in [3.8, 4) is 0 Å². The van der Waals surface area contributed by atoms with Crippen molar-refractivity contribution in [1.82, 2.24) is 5.32 Å². The van der Waals surface area contributed by atoms with Crippen molar-refractivity contribution in [3.05, 3.63) is 0 Å². The lowest BCUT2D eigenvalue weighted by Gasteiger charge is -2.39. The molecule has 0 radical (unpaired) electrons. The lowest BCUT2D eigenvalue weighted by atomic mass is 9.71. The van der Waals surface area contributed by atoms with Gasteiger partial charge in [0, 0.05) is 19.8 Å². The van der Waals surface area contributed by atoms with Crippen LogP contribution in [0.15, 0.2) is 0 Å². The molecule has 2 fully saturated rings. The second kappa shape index (κ2) is 8.97. The second-order valence-corrected chi connectivity index (χ2v) is 6.61. The molecule has 2 heteroatoms. The van der Waals surface area contributed by atoms with Crippen molar-refractivity contribution in [2.75, 3.05) is 20.3 Å². The summed E-state index contributed by atoms with van der Waals surface area (Å²) in [5.41, 5.74) is 0. The summed E-state index contributed by atoms with van der Waals surface area (Å²) in [5, 5.41) is 3.87. The van der Waals surface area contributed by atoms with E-state index in [1.165, 1.54) is 77.2 Å². The summed E-state index contributed by atoms with van der Waals surface area (Å²) in [7, 11) is 1.80. The molecule has 2 aliphatic rings. The van der Waals surface area contributed by atoms with Gasteiger partial charge in [0.05, 0.1) is 0 Å². The Bertz CT molecular complexity index is 225. The van der Waals surface area contributed by atoms with E-state index in [0.29, 0.717) is 0 Å². The summed E-state index contributed by atoms with van der Waals surface area (Å²) in [6.45, 7) is 2.11. The van der Waals surface area contributed by atoms with E-state index in [1.807, 2.05) is 0 Å². The molecule has 19 heavy (non-hydrogen) atoms. The molecule has 112 valence electrons. The highest BCUT2D eigenvalue weighted by Crippen LogP contribution is 2.38. The van der Waals surface area contributed by atoms with Gasteiger partial charge in [-0.1, -0.05) is 44.9 Å². The summed E-state index contributed by atoms with van der Waals surface area (Å²) >= 11 is 0. The molecule has 2 rings (SSSR count). The minimum atomic E-state index is 0.819. The predicted octanol–water partition coefficient (Wildman–Crippen LogP) is 4.14. The van der Waals surface area contributed by atoms with Gasteiger partial charge >= 0.3 is 0 Å². The van der Waals surface area contributed by atoms with Crippen LogP contribution in [0.2, 0.25) is 0 Å². The molecule has 1 N–H and O–H groups in total. The zero-order valence-electron chi connectivity index (χ0n) is 12.8. The lowest BCUT2D eigenvalue weighted by Crippen LogP contribution is -2.42. The molecule has 2 unspecified atom stereocenters. The van der Waals surface area contributed by atoms with Crippen LogP contribution in [0.3, 0.4) is 0 Å². The number of methoxy groups -OCH3 is 1. The Hall–Kier alpha value is -0.0800. The molecule has 2 aliphatic carbocycles. The summed E-state index contributed by atoms with van der Waals surface area (Å²) < 4.78 is 5.12. The number of rotatable bonds is 7. The van der Waals surface area contributed by atoms with Crippen LogP contribution in [0, 0.1) is 11.8 Å². The largest absolute Gasteiger partial charge is 0.385 e. The smallest absolute Gasteiger partial charge is 0.0462 e. The Balaban J connectivity index is 1.72. The maximum atomic E-state index is 5.12. The van der Waals surface area contributed by atoms with Crippen LogP contribution < -0.4 is 5.32 Å². The Labute approximate surface area is 119 Å². The molecule has 2 atom stereocenters. The van der Waals surface area contributed by atoms with Gasteiger partial charge in [0.25, 0.3) is 0 Å². The van der Waals surface area contributed by atoms with Gasteiger partial charge in [0.2, 0.25) is 0 Å². The fraction of sp³-hybridized carbons (Fsp3) is 1.00.